The second kappa shape index (κ2) is 15.5. The number of hydrogen-bond donors (Lipinski definition) is 4. The molecule has 4 N–H and O–H groups in total. The maximum atomic E-state index is 12.6. The molecular weight excluding hydrogens is 444 g/mol. The predicted molar refractivity (Wildman–Crippen MR) is 140 cm³/mol. The number of benzene rings is 2. The van der Waals surface area contributed by atoms with Crippen LogP contribution in [0.25, 0.3) is 0 Å². The highest BCUT2D eigenvalue weighted by molar-refractivity contribution is 5.80. The lowest BCUT2D eigenvalue weighted by Crippen LogP contribution is -2.40. The van der Waals surface area contributed by atoms with Crippen LogP contribution >= 0.6 is 0 Å². The Morgan fingerprint density at radius 2 is 1.29 bits per heavy atom. The van der Waals surface area contributed by atoms with E-state index in [4.69, 9.17) is 0 Å². The number of hydrogen-bond acceptors (Lipinski definition) is 5. The molecule has 194 valence electrons. The van der Waals surface area contributed by atoms with Crippen molar-refractivity contribution < 1.29 is 24.6 Å². The first-order chi connectivity index (χ1) is 16.1. The molecule has 2 atom stereocenters. The van der Waals surface area contributed by atoms with Crippen LogP contribution in [0.1, 0.15) is 78.9 Å². The molecule has 0 saturated heterocycles. The molecule has 2 aromatic rings. The van der Waals surface area contributed by atoms with E-state index >= 15 is 0 Å². The van der Waals surface area contributed by atoms with Gasteiger partial charge in [-0.2, -0.15) is 0 Å². The summed E-state index contributed by atoms with van der Waals surface area (Å²) >= 11 is 0. The summed E-state index contributed by atoms with van der Waals surface area (Å²) in [5.74, 6) is -0.0663. The van der Waals surface area contributed by atoms with Crippen molar-refractivity contribution in [3.05, 3.63) is 59.7 Å². The monoisotopic (exact) mass is 486 g/mol. The van der Waals surface area contributed by atoms with Crippen LogP contribution in [0.5, 0.6) is 11.5 Å². The SMILES string of the molecule is C.CC.CC(CC=O)NC(=O)CC(C)NC(=O)CCC(C)(c1ccc(O)cc1)c1ccc(O)cc1. The van der Waals surface area contributed by atoms with Gasteiger partial charge in [0.15, 0.2) is 0 Å². The largest absolute Gasteiger partial charge is 0.508 e. The lowest BCUT2D eigenvalue weighted by atomic mass is 9.73. The highest BCUT2D eigenvalue weighted by Gasteiger charge is 2.30. The van der Waals surface area contributed by atoms with Gasteiger partial charge < -0.3 is 25.6 Å². The fraction of sp³-hybridized carbons (Fsp3) is 0.464. The Balaban J connectivity index is 0.00000375. The van der Waals surface area contributed by atoms with E-state index < -0.39 is 5.41 Å². The van der Waals surface area contributed by atoms with Crippen molar-refractivity contribution in [3.63, 3.8) is 0 Å². The van der Waals surface area contributed by atoms with Gasteiger partial charge in [0.1, 0.15) is 17.8 Å². The highest BCUT2D eigenvalue weighted by Crippen LogP contribution is 2.37. The van der Waals surface area contributed by atoms with Crippen LogP contribution in [0.15, 0.2) is 48.5 Å². The third-order valence-electron chi connectivity index (χ3n) is 5.62. The number of carbonyl (C=O) groups is 3. The lowest BCUT2D eigenvalue weighted by Gasteiger charge is -2.31. The van der Waals surface area contributed by atoms with Gasteiger partial charge in [-0.1, -0.05) is 52.5 Å². The molecular formula is C28H42N2O5. The van der Waals surface area contributed by atoms with Crippen LogP contribution in [0.4, 0.5) is 0 Å². The number of rotatable bonds is 11. The van der Waals surface area contributed by atoms with E-state index in [1.807, 2.05) is 45.0 Å². The van der Waals surface area contributed by atoms with E-state index in [1.54, 1.807) is 38.1 Å². The van der Waals surface area contributed by atoms with Gasteiger partial charge in [0.05, 0.1) is 0 Å². The second-order valence-corrected chi connectivity index (χ2v) is 8.47. The minimum atomic E-state index is -0.524. The van der Waals surface area contributed by atoms with Gasteiger partial charge >= 0.3 is 0 Å². The van der Waals surface area contributed by atoms with Crippen LogP contribution in [-0.4, -0.2) is 40.4 Å². The Hall–Kier alpha value is -3.35. The Kier molecular flexibility index (Phi) is 14.0. The standard InChI is InChI=1S/C25H32N2O5.C2H6.CH4/c1-17(13-15-28)26-24(32)16-18(2)27-23(31)12-14-25(3,19-4-8-21(29)9-5-19)20-6-10-22(30)11-7-20;1-2;/h4-11,15,17-18,29-30H,12-14,16H2,1-3H3,(H,26,32)(H,27,31);1-2H3;1H4. The summed E-state index contributed by atoms with van der Waals surface area (Å²) in [6.07, 6.45) is 1.85. The number of aldehydes is 1. The molecule has 2 amide bonds. The highest BCUT2D eigenvalue weighted by atomic mass is 16.3. The Morgan fingerprint density at radius 3 is 1.71 bits per heavy atom. The molecule has 0 bridgehead atoms. The van der Waals surface area contributed by atoms with Crippen molar-refractivity contribution in [1.82, 2.24) is 10.6 Å². The summed E-state index contributed by atoms with van der Waals surface area (Å²) in [4.78, 5) is 35.2. The fourth-order valence-electron chi connectivity index (χ4n) is 3.69. The van der Waals surface area contributed by atoms with Gasteiger partial charge in [0, 0.05) is 36.8 Å². The topological polar surface area (TPSA) is 116 Å². The molecule has 0 aliphatic rings. The molecule has 2 aromatic carbocycles. The number of phenolic OH excluding ortho intramolecular Hbond substituents is 2. The normalized spacial score (nSPS) is 12.1. The second-order valence-electron chi connectivity index (χ2n) is 8.47. The fourth-order valence-corrected chi connectivity index (χ4v) is 3.69. The van der Waals surface area contributed by atoms with Gasteiger partial charge in [0.25, 0.3) is 0 Å². The van der Waals surface area contributed by atoms with Crippen LogP contribution in [0.3, 0.4) is 0 Å². The molecule has 0 aliphatic carbocycles. The van der Waals surface area contributed by atoms with Crippen LogP contribution < -0.4 is 10.6 Å². The summed E-state index contributed by atoms with van der Waals surface area (Å²) in [5.41, 5.74) is 1.35. The molecule has 0 aliphatic heterocycles. The molecule has 7 heteroatoms. The van der Waals surface area contributed by atoms with Gasteiger partial charge in [-0.15, -0.1) is 0 Å². The van der Waals surface area contributed by atoms with Crippen molar-refractivity contribution in [2.45, 2.75) is 85.2 Å². The molecule has 0 fully saturated rings. The Bertz CT molecular complexity index is 864. The number of phenols is 2. The van der Waals surface area contributed by atoms with Crippen LogP contribution in [-0.2, 0) is 19.8 Å². The van der Waals surface area contributed by atoms with Crippen molar-refractivity contribution in [3.8, 4) is 11.5 Å². The van der Waals surface area contributed by atoms with Crippen molar-refractivity contribution in [2.75, 3.05) is 0 Å². The number of carbonyl (C=O) groups excluding carboxylic acids is 3. The molecule has 35 heavy (non-hydrogen) atoms. The van der Waals surface area contributed by atoms with E-state index in [-0.39, 0.29) is 62.1 Å². The van der Waals surface area contributed by atoms with Crippen molar-refractivity contribution in [1.29, 1.82) is 0 Å². The third kappa shape index (κ3) is 10.2. The van der Waals surface area contributed by atoms with Gasteiger partial charge in [-0.3, -0.25) is 9.59 Å². The van der Waals surface area contributed by atoms with E-state index in [9.17, 15) is 24.6 Å². The summed E-state index contributed by atoms with van der Waals surface area (Å²) in [7, 11) is 0. The summed E-state index contributed by atoms with van der Waals surface area (Å²) in [5, 5.41) is 24.9. The van der Waals surface area contributed by atoms with Gasteiger partial charge in [-0.05, 0) is 55.7 Å². The van der Waals surface area contributed by atoms with Gasteiger partial charge in [0.2, 0.25) is 11.8 Å². The molecule has 2 unspecified atom stereocenters. The summed E-state index contributed by atoms with van der Waals surface area (Å²) in [6.45, 7) is 9.54. The van der Waals surface area contributed by atoms with E-state index in [0.717, 1.165) is 17.4 Å². The molecule has 0 radical (unpaired) electrons. The molecule has 0 saturated carbocycles. The zero-order chi connectivity index (χ0) is 25.7. The smallest absolute Gasteiger partial charge is 0.222 e. The first-order valence-electron chi connectivity index (χ1n) is 11.8. The average molecular weight is 487 g/mol. The summed E-state index contributed by atoms with van der Waals surface area (Å²) < 4.78 is 0. The third-order valence-corrected chi connectivity index (χ3v) is 5.62. The average Bonchev–Trinajstić information content (AvgIpc) is 2.79. The zero-order valence-electron chi connectivity index (χ0n) is 20.8. The quantitative estimate of drug-likeness (QED) is 0.339. The summed E-state index contributed by atoms with van der Waals surface area (Å²) in [6, 6.07) is 13.2. The molecule has 2 rings (SSSR count). The maximum Gasteiger partial charge on any atom is 0.222 e. The molecule has 0 heterocycles. The van der Waals surface area contributed by atoms with Crippen LogP contribution in [0.2, 0.25) is 0 Å². The minimum absolute atomic E-state index is 0. The molecule has 7 nitrogen and oxygen atoms in total. The first kappa shape index (κ1) is 31.6. The van der Waals surface area contributed by atoms with Crippen molar-refractivity contribution >= 4 is 18.1 Å². The van der Waals surface area contributed by atoms with Crippen molar-refractivity contribution in [2.24, 2.45) is 0 Å². The number of amides is 2. The Labute approximate surface area is 210 Å². The van der Waals surface area contributed by atoms with E-state index in [0.29, 0.717) is 6.42 Å². The Morgan fingerprint density at radius 1 is 0.857 bits per heavy atom. The maximum absolute atomic E-state index is 12.6. The van der Waals surface area contributed by atoms with Crippen LogP contribution in [0, 0.1) is 0 Å². The molecule has 0 spiro atoms. The van der Waals surface area contributed by atoms with E-state index in [2.05, 4.69) is 10.6 Å². The number of aromatic hydroxyl groups is 2. The first-order valence-corrected chi connectivity index (χ1v) is 11.8. The number of nitrogens with one attached hydrogen (secondary N) is 2. The zero-order valence-corrected chi connectivity index (χ0v) is 20.8. The lowest BCUT2D eigenvalue weighted by molar-refractivity contribution is -0.123. The van der Waals surface area contributed by atoms with E-state index in [1.165, 1.54) is 0 Å². The molecule has 0 aromatic heterocycles. The minimum Gasteiger partial charge on any atom is -0.508 e. The van der Waals surface area contributed by atoms with Gasteiger partial charge in [-0.25, -0.2) is 0 Å². The predicted octanol–water partition coefficient (Wildman–Crippen LogP) is 4.83.